The zero-order valence-corrected chi connectivity index (χ0v) is 11.3. The molecular formula is C13H19N3O3. The first-order chi connectivity index (χ1) is 8.76. The van der Waals surface area contributed by atoms with E-state index in [0.29, 0.717) is 11.4 Å². The third-order valence-electron chi connectivity index (χ3n) is 1.99. The molecule has 0 radical (unpaired) electrons. The van der Waals surface area contributed by atoms with Crippen molar-refractivity contribution in [3.63, 3.8) is 0 Å². The van der Waals surface area contributed by atoms with Crippen molar-refractivity contribution in [3.8, 4) is 0 Å². The number of alkyl carbamates (subject to hydrolysis) is 1. The van der Waals surface area contributed by atoms with Gasteiger partial charge in [-0.05, 0) is 45.0 Å². The molecule has 1 aromatic carbocycles. The van der Waals surface area contributed by atoms with Gasteiger partial charge >= 0.3 is 6.09 Å². The minimum absolute atomic E-state index is 0.153. The van der Waals surface area contributed by atoms with E-state index in [2.05, 4.69) is 10.6 Å². The highest BCUT2D eigenvalue weighted by molar-refractivity contribution is 5.93. The molecule has 0 saturated carbocycles. The molecule has 0 atom stereocenters. The van der Waals surface area contributed by atoms with Crippen LogP contribution in [0.1, 0.15) is 20.8 Å². The van der Waals surface area contributed by atoms with Crippen molar-refractivity contribution in [2.75, 3.05) is 17.6 Å². The minimum Gasteiger partial charge on any atom is -0.444 e. The molecule has 1 rings (SSSR count). The fourth-order valence-corrected chi connectivity index (χ4v) is 1.24. The maximum Gasteiger partial charge on any atom is 0.408 e. The predicted octanol–water partition coefficient (Wildman–Crippen LogP) is 1.73. The maximum atomic E-state index is 11.6. The van der Waals surface area contributed by atoms with Gasteiger partial charge in [-0.1, -0.05) is 0 Å². The summed E-state index contributed by atoms with van der Waals surface area (Å²) in [7, 11) is 0. The van der Waals surface area contributed by atoms with Crippen LogP contribution in [-0.2, 0) is 9.53 Å². The molecule has 0 bridgehead atoms. The first kappa shape index (κ1) is 14.8. The van der Waals surface area contributed by atoms with Crippen LogP contribution in [0.15, 0.2) is 24.3 Å². The maximum absolute atomic E-state index is 11.6. The van der Waals surface area contributed by atoms with Crippen LogP contribution in [0.4, 0.5) is 16.2 Å². The Labute approximate surface area is 112 Å². The fraction of sp³-hybridized carbons (Fsp3) is 0.385. The van der Waals surface area contributed by atoms with Gasteiger partial charge in [-0.25, -0.2) is 4.79 Å². The van der Waals surface area contributed by atoms with Gasteiger partial charge in [-0.3, -0.25) is 4.79 Å². The van der Waals surface area contributed by atoms with Crippen LogP contribution in [0.25, 0.3) is 0 Å². The first-order valence-corrected chi connectivity index (χ1v) is 5.88. The van der Waals surface area contributed by atoms with Crippen LogP contribution >= 0.6 is 0 Å². The topological polar surface area (TPSA) is 93.4 Å². The van der Waals surface area contributed by atoms with Crippen LogP contribution in [0.2, 0.25) is 0 Å². The van der Waals surface area contributed by atoms with Crippen molar-refractivity contribution < 1.29 is 14.3 Å². The number of amides is 2. The molecule has 1 aromatic rings. The van der Waals surface area contributed by atoms with Crippen LogP contribution in [0, 0.1) is 0 Å². The molecule has 6 heteroatoms. The number of hydrogen-bond acceptors (Lipinski definition) is 4. The fourth-order valence-electron chi connectivity index (χ4n) is 1.24. The monoisotopic (exact) mass is 265 g/mol. The second kappa shape index (κ2) is 6.08. The van der Waals surface area contributed by atoms with E-state index in [1.54, 1.807) is 45.0 Å². The summed E-state index contributed by atoms with van der Waals surface area (Å²) in [5.74, 6) is -0.337. The van der Waals surface area contributed by atoms with Gasteiger partial charge in [0.05, 0.1) is 0 Å². The summed E-state index contributed by atoms with van der Waals surface area (Å²) < 4.78 is 5.01. The van der Waals surface area contributed by atoms with Gasteiger partial charge in [-0.2, -0.15) is 0 Å². The lowest BCUT2D eigenvalue weighted by Crippen LogP contribution is -2.37. The van der Waals surface area contributed by atoms with Gasteiger partial charge in [0.25, 0.3) is 0 Å². The highest BCUT2D eigenvalue weighted by Gasteiger charge is 2.16. The summed E-state index contributed by atoms with van der Waals surface area (Å²) >= 11 is 0. The Morgan fingerprint density at radius 3 is 2.32 bits per heavy atom. The highest BCUT2D eigenvalue weighted by Crippen LogP contribution is 2.10. The average molecular weight is 265 g/mol. The first-order valence-electron chi connectivity index (χ1n) is 5.88. The van der Waals surface area contributed by atoms with Gasteiger partial charge in [0.1, 0.15) is 12.1 Å². The van der Waals surface area contributed by atoms with E-state index in [0.717, 1.165) is 0 Å². The number of benzene rings is 1. The molecule has 0 saturated heterocycles. The number of ether oxygens (including phenoxy) is 1. The van der Waals surface area contributed by atoms with E-state index in [4.69, 9.17) is 10.5 Å². The molecule has 6 nitrogen and oxygen atoms in total. The van der Waals surface area contributed by atoms with Crippen molar-refractivity contribution in [2.24, 2.45) is 0 Å². The normalized spacial score (nSPS) is 10.7. The molecule has 19 heavy (non-hydrogen) atoms. The van der Waals surface area contributed by atoms with E-state index in [-0.39, 0.29) is 12.5 Å². The highest BCUT2D eigenvalue weighted by atomic mass is 16.6. The lowest BCUT2D eigenvalue weighted by molar-refractivity contribution is -0.115. The number of rotatable bonds is 3. The number of hydrogen-bond donors (Lipinski definition) is 3. The molecule has 104 valence electrons. The van der Waals surface area contributed by atoms with Gasteiger partial charge in [0.2, 0.25) is 5.91 Å². The number of nitrogens with one attached hydrogen (secondary N) is 2. The quantitative estimate of drug-likeness (QED) is 0.725. The zero-order chi connectivity index (χ0) is 14.5. The number of nitrogens with two attached hydrogens (primary N) is 1. The van der Waals surface area contributed by atoms with E-state index in [9.17, 15) is 9.59 Å². The minimum atomic E-state index is -0.625. The molecule has 0 aliphatic rings. The molecular weight excluding hydrogens is 246 g/mol. The predicted molar refractivity (Wildman–Crippen MR) is 73.7 cm³/mol. The summed E-state index contributed by atoms with van der Waals surface area (Å²) in [5, 5.41) is 5.00. The van der Waals surface area contributed by atoms with Crippen LogP contribution < -0.4 is 16.4 Å². The summed E-state index contributed by atoms with van der Waals surface area (Å²) in [6, 6.07) is 6.72. The zero-order valence-electron chi connectivity index (χ0n) is 11.3. The average Bonchev–Trinajstić information content (AvgIpc) is 2.27. The number of carbonyl (C=O) groups excluding carboxylic acids is 2. The molecule has 0 aromatic heterocycles. The van der Waals surface area contributed by atoms with Gasteiger partial charge in [0, 0.05) is 11.4 Å². The van der Waals surface area contributed by atoms with Crippen molar-refractivity contribution >= 4 is 23.4 Å². The summed E-state index contributed by atoms with van der Waals surface area (Å²) in [4.78, 5) is 22.9. The van der Waals surface area contributed by atoms with Crippen LogP contribution in [-0.4, -0.2) is 24.1 Å². The summed E-state index contributed by atoms with van der Waals surface area (Å²) in [6.07, 6.45) is -0.625. The van der Waals surface area contributed by atoms with Crippen LogP contribution in [0.5, 0.6) is 0 Å². The molecule has 4 N–H and O–H groups in total. The Morgan fingerprint density at radius 1 is 1.21 bits per heavy atom. The lowest BCUT2D eigenvalue weighted by atomic mass is 10.2. The standard InChI is InChI=1S/C13H19N3O3/c1-13(2,3)19-12(18)15-8-11(17)16-10-6-4-9(14)5-7-10/h4-7H,8,14H2,1-3H3,(H,15,18)(H,16,17). The van der Waals surface area contributed by atoms with E-state index in [1.807, 2.05) is 0 Å². The third kappa shape index (κ3) is 6.30. The molecule has 0 unspecified atom stereocenters. The number of anilines is 2. The largest absolute Gasteiger partial charge is 0.444 e. The molecule has 0 aliphatic heterocycles. The number of carbonyl (C=O) groups is 2. The van der Waals surface area contributed by atoms with Crippen molar-refractivity contribution in [3.05, 3.63) is 24.3 Å². The molecule has 0 spiro atoms. The van der Waals surface area contributed by atoms with Gasteiger partial charge in [-0.15, -0.1) is 0 Å². The van der Waals surface area contributed by atoms with Gasteiger partial charge in [0.15, 0.2) is 0 Å². The second-order valence-electron chi connectivity index (χ2n) is 5.03. The number of nitrogen functional groups attached to an aromatic ring is 1. The Balaban J connectivity index is 2.36. The Hall–Kier alpha value is -2.24. The van der Waals surface area contributed by atoms with E-state index < -0.39 is 11.7 Å². The Kier molecular flexibility index (Phi) is 4.74. The van der Waals surface area contributed by atoms with Gasteiger partial charge < -0.3 is 21.1 Å². The smallest absolute Gasteiger partial charge is 0.408 e. The SMILES string of the molecule is CC(C)(C)OC(=O)NCC(=O)Nc1ccc(N)cc1. The summed E-state index contributed by atoms with van der Waals surface area (Å²) in [5.41, 5.74) is 6.17. The molecule has 0 heterocycles. The van der Waals surface area contributed by atoms with E-state index in [1.165, 1.54) is 0 Å². The molecule has 0 aliphatic carbocycles. The summed E-state index contributed by atoms with van der Waals surface area (Å²) in [6.45, 7) is 5.10. The Bertz CT molecular complexity index is 449. The lowest BCUT2D eigenvalue weighted by Gasteiger charge is -2.19. The molecule has 2 amide bonds. The molecule has 0 fully saturated rings. The second-order valence-corrected chi connectivity index (χ2v) is 5.03. The Morgan fingerprint density at radius 2 is 1.79 bits per heavy atom. The van der Waals surface area contributed by atoms with E-state index >= 15 is 0 Å². The van der Waals surface area contributed by atoms with Crippen molar-refractivity contribution in [1.82, 2.24) is 5.32 Å². The van der Waals surface area contributed by atoms with Crippen molar-refractivity contribution in [2.45, 2.75) is 26.4 Å². The van der Waals surface area contributed by atoms with Crippen LogP contribution in [0.3, 0.4) is 0 Å². The van der Waals surface area contributed by atoms with Crippen molar-refractivity contribution in [1.29, 1.82) is 0 Å². The third-order valence-corrected chi connectivity index (χ3v) is 1.99.